The minimum absolute atomic E-state index is 0.221. The Kier molecular flexibility index (Phi) is 7.09. The summed E-state index contributed by atoms with van der Waals surface area (Å²) in [6, 6.07) is 3.08. The van der Waals surface area contributed by atoms with Crippen LogP contribution in [0.1, 0.15) is 36.0 Å². The minimum Gasteiger partial charge on any atom is -0.491 e. The molecular formula is C13H16Cl2O3. The van der Waals surface area contributed by atoms with E-state index in [1.807, 2.05) is 0 Å². The van der Waals surface area contributed by atoms with Gasteiger partial charge in [0, 0.05) is 11.6 Å². The number of rotatable bonds is 8. The van der Waals surface area contributed by atoms with Gasteiger partial charge in [-0.1, -0.05) is 29.6 Å². The smallest absolute Gasteiger partial charge is 0.153 e. The Morgan fingerprint density at radius 3 is 2.56 bits per heavy atom. The first-order chi connectivity index (χ1) is 8.69. The molecule has 0 aliphatic heterocycles. The molecule has 0 aromatic heterocycles. The average Bonchev–Trinajstić information content (AvgIpc) is 2.35. The van der Waals surface area contributed by atoms with Crippen LogP contribution in [0.4, 0.5) is 0 Å². The lowest BCUT2D eigenvalue weighted by Gasteiger charge is -2.10. The standard InChI is InChI=1S/C13H16Cl2O3/c14-11-7-10(9-17)13(12(15)8-11)18-6-4-2-1-3-5-16/h7-9,16H,1-6H2. The van der Waals surface area contributed by atoms with E-state index < -0.39 is 0 Å². The number of aldehydes is 1. The molecule has 0 amide bonds. The molecule has 0 atom stereocenters. The molecule has 0 aliphatic rings. The van der Waals surface area contributed by atoms with Gasteiger partial charge in [0.15, 0.2) is 6.29 Å². The molecule has 0 saturated carbocycles. The molecule has 1 N–H and O–H groups in total. The topological polar surface area (TPSA) is 46.5 Å². The van der Waals surface area contributed by atoms with E-state index in [2.05, 4.69) is 0 Å². The molecule has 100 valence electrons. The second-order valence-electron chi connectivity index (χ2n) is 3.91. The van der Waals surface area contributed by atoms with Crippen LogP contribution < -0.4 is 4.74 Å². The summed E-state index contributed by atoms with van der Waals surface area (Å²) in [7, 11) is 0. The number of benzene rings is 1. The zero-order valence-corrected chi connectivity index (χ0v) is 11.5. The van der Waals surface area contributed by atoms with Gasteiger partial charge in [-0.05, 0) is 31.4 Å². The maximum atomic E-state index is 10.9. The van der Waals surface area contributed by atoms with Crippen molar-refractivity contribution in [2.45, 2.75) is 25.7 Å². The lowest BCUT2D eigenvalue weighted by atomic mass is 10.2. The number of unbranched alkanes of at least 4 members (excludes halogenated alkanes) is 3. The molecule has 0 radical (unpaired) electrons. The Bertz CT molecular complexity index is 394. The summed E-state index contributed by atoms with van der Waals surface area (Å²) in [4.78, 5) is 10.9. The van der Waals surface area contributed by atoms with Crippen LogP contribution >= 0.6 is 23.2 Å². The molecule has 0 heterocycles. The lowest BCUT2D eigenvalue weighted by molar-refractivity contribution is 0.111. The van der Waals surface area contributed by atoms with Crippen molar-refractivity contribution in [2.75, 3.05) is 13.2 Å². The number of aliphatic hydroxyl groups is 1. The first kappa shape index (κ1) is 15.3. The molecule has 1 aromatic rings. The number of ether oxygens (including phenoxy) is 1. The van der Waals surface area contributed by atoms with Crippen LogP contribution in [0.2, 0.25) is 10.0 Å². The van der Waals surface area contributed by atoms with Gasteiger partial charge in [0.05, 0.1) is 17.2 Å². The molecule has 0 spiro atoms. The van der Waals surface area contributed by atoms with E-state index in [0.29, 0.717) is 34.3 Å². The van der Waals surface area contributed by atoms with E-state index in [9.17, 15) is 4.79 Å². The fraction of sp³-hybridized carbons (Fsp3) is 0.462. The quantitative estimate of drug-likeness (QED) is 0.586. The van der Waals surface area contributed by atoms with Crippen molar-refractivity contribution in [3.63, 3.8) is 0 Å². The second kappa shape index (κ2) is 8.35. The van der Waals surface area contributed by atoms with E-state index >= 15 is 0 Å². The van der Waals surface area contributed by atoms with Crippen molar-refractivity contribution >= 4 is 29.5 Å². The van der Waals surface area contributed by atoms with Gasteiger partial charge in [-0.25, -0.2) is 0 Å². The zero-order valence-electron chi connectivity index (χ0n) is 9.99. The molecule has 0 fully saturated rings. The van der Waals surface area contributed by atoms with Crippen molar-refractivity contribution in [3.8, 4) is 5.75 Å². The van der Waals surface area contributed by atoms with Crippen molar-refractivity contribution in [1.82, 2.24) is 0 Å². The van der Waals surface area contributed by atoms with E-state index in [1.54, 1.807) is 6.07 Å². The third-order valence-electron chi connectivity index (χ3n) is 2.46. The largest absolute Gasteiger partial charge is 0.491 e. The summed E-state index contributed by atoms with van der Waals surface area (Å²) in [5.74, 6) is 0.387. The molecule has 3 nitrogen and oxygen atoms in total. The van der Waals surface area contributed by atoms with Gasteiger partial charge in [0.25, 0.3) is 0 Å². The van der Waals surface area contributed by atoms with Crippen LogP contribution in [0.25, 0.3) is 0 Å². The monoisotopic (exact) mass is 290 g/mol. The van der Waals surface area contributed by atoms with Gasteiger partial charge in [0.1, 0.15) is 5.75 Å². The van der Waals surface area contributed by atoms with Crippen LogP contribution in [0.15, 0.2) is 12.1 Å². The SMILES string of the molecule is O=Cc1cc(Cl)cc(Cl)c1OCCCCCCO. The molecule has 0 bridgehead atoms. The van der Waals surface area contributed by atoms with Crippen molar-refractivity contribution < 1.29 is 14.6 Å². The van der Waals surface area contributed by atoms with E-state index in [-0.39, 0.29) is 6.61 Å². The van der Waals surface area contributed by atoms with Gasteiger partial charge in [-0.2, -0.15) is 0 Å². The molecular weight excluding hydrogens is 275 g/mol. The lowest BCUT2D eigenvalue weighted by Crippen LogP contribution is -2.01. The average molecular weight is 291 g/mol. The number of hydrogen-bond donors (Lipinski definition) is 1. The summed E-state index contributed by atoms with van der Waals surface area (Å²) in [5.41, 5.74) is 0.364. The highest BCUT2D eigenvalue weighted by atomic mass is 35.5. The van der Waals surface area contributed by atoms with Gasteiger partial charge >= 0.3 is 0 Å². The highest BCUT2D eigenvalue weighted by Gasteiger charge is 2.09. The third kappa shape index (κ3) is 4.84. The van der Waals surface area contributed by atoms with Crippen LogP contribution in [-0.2, 0) is 0 Å². The maximum Gasteiger partial charge on any atom is 0.153 e. The predicted octanol–water partition coefficient (Wildman–Crippen LogP) is 3.74. The van der Waals surface area contributed by atoms with Crippen molar-refractivity contribution in [2.24, 2.45) is 0 Å². The van der Waals surface area contributed by atoms with Gasteiger partial charge < -0.3 is 9.84 Å². The summed E-state index contributed by atoms with van der Waals surface area (Å²) in [5, 5.41) is 9.39. The van der Waals surface area contributed by atoms with Crippen LogP contribution in [0, 0.1) is 0 Å². The Morgan fingerprint density at radius 2 is 1.89 bits per heavy atom. The maximum absolute atomic E-state index is 10.9. The predicted molar refractivity (Wildman–Crippen MR) is 72.9 cm³/mol. The van der Waals surface area contributed by atoms with E-state index in [0.717, 1.165) is 25.7 Å². The normalized spacial score (nSPS) is 10.4. The van der Waals surface area contributed by atoms with Crippen LogP contribution in [0.3, 0.4) is 0 Å². The van der Waals surface area contributed by atoms with Crippen LogP contribution in [0.5, 0.6) is 5.75 Å². The fourth-order valence-corrected chi connectivity index (χ4v) is 2.13. The summed E-state index contributed by atoms with van der Waals surface area (Å²) in [6.45, 7) is 0.715. The number of carbonyl (C=O) groups excluding carboxylic acids is 1. The molecule has 0 aliphatic carbocycles. The summed E-state index contributed by atoms with van der Waals surface area (Å²) in [6.07, 6.45) is 4.29. The van der Waals surface area contributed by atoms with Crippen LogP contribution in [-0.4, -0.2) is 24.6 Å². The van der Waals surface area contributed by atoms with Gasteiger partial charge in [-0.15, -0.1) is 0 Å². The summed E-state index contributed by atoms with van der Waals surface area (Å²) < 4.78 is 5.51. The number of hydrogen-bond acceptors (Lipinski definition) is 3. The van der Waals surface area contributed by atoms with E-state index in [4.69, 9.17) is 33.0 Å². The Balaban J connectivity index is 2.49. The first-order valence-corrected chi connectivity index (χ1v) is 6.62. The van der Waals surface area contributed by atoms with Crippen molar-refractivity contribution in [3.05, 3.63) is 27.7 Å². The molecule has 5 heteroatoms. The van der Waals surface area contributed by atoms with Gasteiger partial charge in [-0.3, -0.25) is 4.79 Å². The Morgan fingerprint density at radius 1 is 1.17 bits per heavy atom. The molecule has 18 heavy (non-hydrogen) atoms. The molecule has 0 unspecified atom stereocenters. The zero-order chi connectivity index (χ0) is 13.4. The second-order valence-corrected chi connectivity index (χ2v) is 4.75. The number of carbonyl (C=O) groups is 1. The highest BCUT2D eigenvalue weighted by molar-refractivity contribution is 6.36. The van der Waals surface area contributed by atoms with Crippen molar-refractivity contribution in [1.29, 1.82) is 0 Å². The minimum atomic E-state index is 0.221. The van der Waals surface area contributed by atoms with Gasteiger partial charge in [0.2, 0.25) is 0 Å². The van der Waals surface area contributed by atoms with E-state index in [1.165, 1.54) is 6.07 Å². The highest BCUT2D eigenvalue weighted by Crippen LogP contribution is 2.31. The molecule has 1 aromatic carbocycles. The summed E-state index contributed by atoms with van der Waals surface area (Å²) >= 11 is 11.8. The Hall–Kier alpha value is -0.770. The fourth-order valence-electron chi connectivity index (χ4n) is 1.56. The third-order valence-corrected chi connectivity index (χ3v) is 2.96. The Labute approximate surface area is 117 Å². The number of halogens is 2. The first-order valence-electron chi connectivity index (χ1n) is 5.87. The molecule has 1 rings (SSSR count). The molecule has 0 saturated heterocycles. The number of aliphatic hydroxyl groups excluding tert-OH is 1.